The second-order valence-electron chi connectivity index (χ2n) is 7.39. The van der Waals surface area contributed by atoms with Gasteiger partial charge in [-0.05, 0) is 78.9 Å². The molecule has 0 N–H and O–H groups in total. The van der Waals surface area contributed by atoms with Crippen molar-refractivity contribution >= 4 is 0 Å². The third-order valence-electron chi connectivity index (χ3n) is 5.03. The van der Waals surface area contributed by atoms with Crippen LogP contribution >= 0.6 is 0 Å². The number of aryl methyl sites for hydroxylation is 2. The molecule has 0 aliphatic carbocycles. The molecular formula is C29H27F. The summed E-state index contributed by atoms with van der Waals surface area (Å²) >= 11 is 0. The lowest BCUT2D eigenvalue weighted by molar-refractivity contribution is 0.627. The van der Waals surface area contributed by atoms with Crippen molar-refractivity contribution in [2.75, 3.05) is 0 Å². The van der Waals surface area contributed by atoms with Gasteiger partial charge in [-0.1, -0.05) is 68.6 Å². The molecule has 0 saturated carbocycles. The van der Waals surface area contributed by atoms with E-state index in [0.717, 1.165) is 35.1 Å². The Labute approximate surface area is 180 Å². The van der Waals surface area contributed by atoms with Crippen LogP contribution in [0, 0.1) is 29.5 Å². The molecule has 0 unspecified atom stereocenters. The van der Waals surface area contributed by atoms with Crippen LogP contribution in [0.1, 0.15) is 66.5 Å². The van der Waals surface area contributed by atoms with E-state index in [1.807, 2.05) is 18.2 Å². The summed E-state index contributed by atoms with van der Waals surface area (Å²) in [5, 5.41) is 0. The van der Waals surface area contributed by atoms with E-state index in [1.165, 1.54) is 37.0 Å². The third-order valence-corrected chi connectivity index (χ3v) is 5.03. The van der Waals surface area contributed by atoms with Gasteiger partial charge in [-0.3, -0.25) is 0 Å². The van der Waals surface area contributed by atoms with Gasteiger partial charge in [0.15, 0.2) is 0 Å². The van der Waals surface area contributed by atoms with Crippen molar-refractivity contribution in [1.29, 1.82) is 0 Å². The molecule has 1 heteroatoms. The van der Waals surface area contributed by atoms with E-state index in [4.69, 9.17) is 0 Å². The molecule has 0 spiro atoms. The third kappa shape index (κ3) is 6.37. The molecular weight excluding hydrogens is 367 g/mol. The van der Waals surface area contributed by atoms with E-state index in [0.29, 0.717) is 5.56 Å². The number of hydrogen-bond acceptors (Lipinski definition) is 0. The summed E-state index contributed by atoms with van der Waals surface area (Å²) in [6.45, 7) is 4.34. The largest absolute Gasteiger partial charge is 0.207 e. The average Bonchev–Trinajstić information content (AvgIpc) is 2.77. The second-order valence-corrected chi connectivity index (χ2v) is 7.39. The predicted molar refractivity (Wildman–Crippen MR) is 124 cm³/mol. The highest BCUT2D eigenvalue weighted by Crippen LogP contribution is 2.13. The summed E-state index contributed by atoms with van der Waals surface area (Å²) in [4.78, 5) is 0. The summed E-state index contributed by atoms with van der Waals surface area (Å²) in [7, 11) is 0. The first-order valence-electron chi connectivity index (χ1n) is 10.7. The van der Waals surface area contributed by atoms with Crippen LogP contribution < -0.4 is 0 Å². The first-order valence-corrected chi connectivity index (χ1v) is 10.7. The molecule has 3 aromatic carbocycles. The molecule has 3 aromatic rings. The van der Waals surface area contributed by atoms with Gasteiger partial charge in [-0.25, -0.2) is 4.39 Å². The van der Waals surface area contributed by atoms with E-state index in [2.05, 4.69) is 67.9 Å². The van der Waals surface area contributed by atoms with Gasteiger partial charge in [-0.2, -0.15) is 0 Å². The molecule has 0 heterocycles. The molecule has 0 amide bonds. The van der Waals surface area contributed by atoms with Crippen LogP contribution in [0.3, 0.4) is 0 Å². The maximum absolute atomic E-state index is 13.3. The number of halogens is 1. The molecule has 150 valence electrons. The Bertz CT molecular complexity index is 1100. The van der Waals surface area contributed by atoms with Crippen molar-refractivity contribution in [3.8, 4) is 23.7 Å². The van der Waals surface area contributed by atoms with Crippen LogP contribution in [0.2, 0.25) is 0 Å². The molecule has 0 aliphatic heterocycles. The Hall–Kier alpha value is -3.29. The van der Waals surface area contributed by atoms with Gasteiger partial charge >= 0.3 is 0 Å². The minimum absolute atomic E-state index is 0.267. The van der Waals surface area contributed by atoms with Gasteiger partial charge in [0.1, 0.15) is 5.82 Å². The van der Waals surface area contributed by atoms with E-state index >= 15 is 0 Å². The molecule has 30 heavy (non-hydrogen) atoms. The van der Waals surface area contributed by atoms with Gasteiger partial charge in [0.2, 0.25) is 0 Å². The molecule has 0 radical (unpaired) electrons. The summed E-state index contributed by atoms with van der Waals surface area (Å²) in [6, 6.07) is 21.1. The Morgan fingerprint density at radius 2 is 1.40 bits per heavy atom. The maximum Gasteiger partial charge on any atom is 0.124 e. The fourth-order valence-corrected chi connectivity index (χ4v) is 3.27. The van der Waals surface area contributed by atoms with Crippen LogP contribution in [-0.2, 0) is 12.8 Å². The lowest BCUT2D eigenvalue weighted by atomic mass is 10.0. The molecule has 0 aromatic heterocycles. The van der Waals surface area contributed by atoms with Gasteiger partial charge in [0.05, 0.1) is 0 Å². The van der Waals surface area contributed by atoms with E-state index < -0.39 is 0 Å². The van der Waals surface area contributed by atoms with Crippen molar-refractivity contribution in [2.24, 2.45) is 0 Å². The quantitative estimate of drug-likeness (QED) is 0.325. The highest BCUT2D eigenvalue weighted by atomic mass is 19.1. The fraction of sp³-hybridized carbons (Fsp3) is 0.241. The lowest BCUT2D eigenvalue weighted by Crippen LogP contribution is -1.90. The summed E-state index contributed by atoms with van der Waals surface area (Å²) in [5.74, 6) is 12.5. The van der Waals surface area contributed by atoms with E-state index in [-0.39, 0.29) is 5.82 Å². The SMILES string of the molecule is CCCCCc1ccc(C#Cc2ccc(C#Cc3cccc(F)c3)c(CC)c2)cc1. The van der Waals surface area contributed by atoms with Crippen molar-refractivity contribution in [1.82, 2.24) is 0 Å². The van der Waals surface area contributed by atoms with Crippen molar-refractivity contribution in [2.45, 2.75) is 46.0 Å². The summed E-state index contributed by atoms with van der Waals surface area (Å²) in [6.07, 6.45) is 5.78. The number of benzene rings is 3. The summed E-state index contributed by atoms with van der Waals surface area (Å²) in [5.41, 5.74) is 6.18. The smallest absolute Gasteiger partial charge is 0.124 e. The lowest BCUT2D eigenvalue weighted by Gasteiger charge is -2.02. The highest BCUT2D eigenvalue weighted by molar-refractivity contribution is 5.51. The first kappa shape index (κ1) is 21.4. The number of rotatable bonds is 5. The van der Waals surface area contributed by atoms with Crippen molar-refractivity contribution < 1.29 is 4.39 Å². The molecule has 0 aliphatic rings. The second kappa shape index (κ2) is 11.0. The van der Waals surface area contributed by atoms with Crippen molar-refractivity contribution in [3.63, 3.8) is 0 Å². The van der Waals surface area contributed by atoms with Gasteiger partial charge in [-0.15, -0.1) is 0 Å². The number of hydrogen-bond donors (Lipinski definition) is 0. The highest BCUT2D eigenvalue weighted by Gasteiger charge is 2.00. The van der Waals surface area contributed by atoms with Gasteiger partial charge in [0, 0.05) is 22.3 Å². The van der Waals surface area contributed by atoms with Crippen LogP contribution in [-0.4, -0.2) is 0 Å². The summed E-state index contributed by atoms with van der Waals surface area (Å²) < 4.78 is 13.3. The molecule has 0 saturated heterocycles. The Morgan fingerprint density at radius 3 is 2.13 bits per heavy atom. The molecule has 0 nitrogen and oxygen atoms in total. The Kier molecular flexibility index (Phi) is 7.88. The normalized spacial score (nSPS) is 9.97. The van der Waals surface area contributed by atoms with Crippen LogP contribution in [0.25, 0.3) is 0 Å². The zero-order valence-electron chi connectivity index (χ0n) is 17.8. The fourth-order valence-electron chi connectivity index (χ4n) is 3.27. The minimum atomic E-state index is -0.267. The van der Waals surface area contributed by atoms with Crippen LogP contribution in [0.4, 0.5) is 4.39 Å². The van der Waals surface area contributed by atoms with E-state index in [9.17, 15) is 4.39 Å². The van der Waals surface area contributed by atoms with Crippen LogP contribution in [0.5, 0.6) is 0 Å². The van der Waals surface area contributed by atoms with Gasteiger partial charge in [0.25, 0.3) is 0 Å². The standard InChI is InChI=1S/C29H27F/c1-3-5-6-8-23-11-13-24(14-12-23)15-16-26-18-20-28(27(4-2)21-26)19-17-25-9-7-10-29(30)22-25/h7,9-14,18,20-22H,3-6,8H2,1-2H3. The number of unbranched alkanes of at least 4 members (excludes halogenated alkanes) is 2. The molecule has 0 atom stereocenters. The molecule has 3 rings (SSSR count). The topological polar surface area (TPSA) is 0 Å². The maximum atomic E-state index is 13.3. The zero-order chi connectivity index (χ0) is 21.2. The van der Waals surface area contributed by atoms with Crippen molar-refractivity contribution in [3.05, 3.63) is 106 Å². The first-order chi connectivity index (χ1) is 14.7. The monoisotopic (exact) mass is 394 g/mol. The average molecular weight is 395 g/mol. The predicted octanol–water partition coefficient (Wildman–Crippen LogP) is 6.92. The zero-order valence-corrected chi connectivity index (χ0v) is 17.8. The molecule has 0 bridgehead atoms. The van der Waals surface area contributed by atoms with E-state index in [1.54, 1.807) is 6.07 Å². The Balaban J connectivity index is 1.73. The molecule has 0 fully saturated rings. The van der Waals surface area contributed by atoms with Gasteiger partial charge < -0.3 is 0 Å². The van der Waals surface area contributed by atoms with Crippen LogP contribution in [0.15, 0.2) is 66.7 Å². The Morgan fingerprint density at radius 1 is 0.700 bits per heavy atom. The minimum Gasteiger partial charge on any atom is -0.207 e.